The average molecular weight is 428 g/mol. The van der Waals surface area contributed by atoms with Crippen molar-refractivity contribution in [3.05, 3.63) is 71.3 Å². The van der Waals surface area contributed by atoms with Gasteiger partial charge in [-0.25, -0.2) is 26.9 Å². The standard InChI is InChI=1S/C17H12ClF2N3O4S/c1-27-10-5-6-11(18)15(7-10)28(25,26)22-17(24)14-8-23(9-21-14)16-12(19)3-2-4-13(16)20/h2-9H,1H3,(H,22,24). The van der Waals surface area contributed by atoms with E-state index < -0.39 is 33.3 Å². The Hall–Kier alpha value is -2.98. The molecule has 0 saturated carbocycles. The number of aromatic nitrogens is 2. The Labute approximate surface area is 163 Å². The number of hydrogen-bond acceptors (Lipinski definition) is 5. The first kappa shape index (κ1) is 19.8. The number of halogens is 3. The van der Waals surface area contributed by atoms with Crippen molar-refractivity contribution in [2.24, 2.45) is 0 Å². The number of hydrogen-bond donors (Lipinski definition) is 1. The zero-order valence-electron chi connectivity index (χ0n) is 14.2. The van der Waals surface area contributed by atoms with E-state index in [1.54, 1.807) is 4.72 Å². The monoisotopic (exact) mass is 427 g/mol. The van der Waals surface area contributed by atoms with Crippen LogP contribution in [0, 0.1) is 11.6 Å². The van der Waals surface area contributed by atoms with E-state index in [9.17, 15) is 22.0 Å². The third-order valence-corrected chi connectivity index (χ3v) is 5.48. The van der Waals surface area contributed by atoms with Crippen LogP contribution in [0.3, 0.4) is 0 Å². The first-order valence-corrected chi connectivity index (χ1v) is 9.48. The lowest BCUT2D eigenvalue weighted by Crippen LogP contribution is -2.31. The molecular weight excluding hydrogens is 416 g/mol. The number of rotatable bonds is 5. The first-order chi connectivity index (χ1) is 13.2. The molecule has 146 valence electrons. The van der Waals surface area contributed by atoms with Crippen molar-refractivity contribution in [3.8, 4) is 11.4 Å². The summed E-state index contributed by atoms with van der Waals surface area (Å²) in [6.45, 7) is 0. The summed E-state index contributed by atoms with van der Waals surface area (Å²) in [5.41, 5.74) is -0.821. The molecule has 0 unspecified atom stereocenters. The lowest BCUT2D eigenvalue weighted by Gasteiger charge is -2.09. The lowest BCUT2D eigenvalue weighted by atomic mass is 10.3. The third kappa shape index (κ3) is 3.82. The van der Waals surface area contributed by atoms with Gasteiger partial charge in [-0.3, -0.25) is 4.79 Å². The van der Waals surface area contributed by atoms with Gasteiger partial charge >= 0.3 is 0 Å². The molecule has 0 spiro atoms. The fourth-order valence-electron chi connectivity index (χ4n) is 2.34. The highest BCUT2D eigenvalue weighted by molar-refractivity contribution is 7.90. The molecule has 0 radical (unpaired) electrons. The van der Waals surface area contributed by atoms with Crippen LogP contribution in [0.25, 0.3) is 5.69 Å². The maximum Gasteiger partial charge on any atom is 0.285 e. The van der Waals surface area contributed by atoms with Crippen molar-refractivity contribution in [1.29, 1.82) is 0 Å². The molecule has 0 saturated heterocycles. The Morgan fingerprint density at radius 2 is 1.89 bits per heavy atom. The quantitative estimate of drug-likeness (QED) is 0.676. The van der Waals surface area contributed by atoms with Crippen LogP contribution in [0.4, 0.5) is 8.78 Å². The normalized spacial score (nSPS) is 11.3. The molecule has 1 amide bonds. The number of nitrogens with zero attached hydrogens (tertiary/aromatic N) is 2. The number of nitrogens with one attached hydrogen (secondary N) is 1. The fraction of sp³-hybridized carbons (Fsp3) is 0.0588. The third-order valence-electron chi connectivity index (χ3n) is 3.67. The SMILES string of the molecule is COc1ccc(Cl)c(S(=O)(=O)NC(=O)c2cn(-c3c(F)cccc3F)cn2)c1. The minimum absolute atomic E-state index is 0.125. The largest absolute Gasteiger partial charge is 0.497 e. The maximum absolute atomic E-state index is 13.8. The molecule has 0 aliphatic rings. The fourth-order valence-corrected chi connectivity index (χ4v) is 3.82. The summed E-state index contributed by atoms with van der Waals surface area (Å²) < 4.78 is 60.3. The molecule has 0 bridgehead atoms. The van der Waals surface area contributed by atoms with Gasteiger partial charge in [-0.05, 0) is 24.3 Å². The van der Waals surface area contributed by atoms with E-state index in [-0.39, 0.29) is 21.4 Å². The highest BCUT2D eigenvalue weighted by Gasteiger charge is 2.24. The minimum Gasteiger partial charge on any atom is -0.497 e. The number of amides is 1. The van der Waals surface area contributed by atoms with E-state index in [2.05, 4.69) is 4.98 Å². The highest BCUT2D eigenvalue weighted by Crippen LogP contribution is 2.26. The van der Waals surface area contributed by atoms with Crippen molar-refractivity contribution < 1.29 is 26.7 Å². The molecule has 11 heteroatoms. The zero-order chi connectivity index (χ0) is 20.5. The van der Waals surface area contributed by atoms with Crippen molar-refractivity contribution in [1.82, 2.24) is 14.3 Å². The van der Waals surface area contributed by atoms with E-state index in [0.717, 1.165) is 35.3 Å². The van der Waals surface area contributed by atoms with E-state index >= 15 is 0 Å². The highest BCUT2D eigenvalue weighted by atomic mass is 35.5. The Bertz CT molecular complexity index is 1140. The molecule has 1 N–H and O–H groups in total. The van der Waals surface area contributed by atoms with Gasteiger partial charge in [0.1, 0.15) is 40.0 Å². The van der Waals surface area contributed by atoms with Gasteiger partial charge < -0.3 is 9.30 Å². The van der Waals surface area contributed by atoms with Crippen molar-refractivity contribution in [3.63, 3.8) is 0 Å². The Kier molecular flexibility index (Phi) is 5.34. The number of sulfonamides is 1. The Balaban J connectivity index is 1.89. The minimum atomic E-state index is -4.35. The number of carbonyl (C=O) groups is 1. The number of imidazole rings is 1. The van der Waals surface area contributed by atoms with Gasteiger partial charge in [0.25, 0.3) is 15.9 Å². The molecule has 0 fully saturated rings. The van der Waals surface area contributed by atoms with Crippen molar-refractivity contribution in [2.75, 3.05) is 7.11 Å². The zero-order valence-corrected chi connectivity index (χ0v) is 15.8. The molecule has 7 nitrogen and oxygen atoms in total. The number of para-hydroxylation sites is 1. The molecule has 3 rings (SSSR count). The van der Waals surface area contributed by atoms with E-state index in [0.29, 0.717) is 0 Å². The number of methoxy groups -OCH3 is 1. The van der Waals surface area contributed by atoms with Gasteiger partial charge in [0, 0.05) is 12.3 Å². The first-order valence-electron chi connectivity index (χ1n) is 7.62. The maximum atomic E-state index is 13.8. The van der Waals surface area contributed by atoms with E-state index in [1.165, 1.54) is 25.3 Å². The number of carbonyl (C=O) groups excluding carboxylic acids is 1. The summed E-state index contributed by atoms with van der Waals surface area (Å²) in [5, 5.41) is -0.125. The Morgan fingerprint density at radius 3 is 2.54 bits per heavy atom. The smallest absolute Gasteiger partial charge is 0.285 e. The Morgan fingerprint density at radius 1 is 1.21 bits per heavy atom. The summed E-state index contributed by atoms with van der Waals surface area (Å²) in [4.78, 5) is 15.6. The molecule has 0 aliphatic carbocycles. The van der Waals surface area contributed by atoms with E-state index in [1.807, 2.05) is 0 Å². The van der Waals surface area contributed by atoms with Crippen LogP contribution in [0.2, 0.25) is 5.02 Å². The van der Waals surface area contributed by atoms with Gasteiger partial charge in [-0.2, -0.15) is 0 Å². The second-order valence-electron chi connectivity index (χ2n) is 5.47. The van der Waals surface area contributed by atoms with Crippen LogP contribution >= 0.6 is 11.6 Å². The predicted octanol–water partition coefficient (Wildman–Crippen LogP) is 2.93. The molecule has 0 aliphatic heterocycles. The van der Waals surface area contributed by atoms with E-state index in [4.69, 9.17) is 16.3 Å². The molecule has 28 heavy (non-hydrogen) atoms. The van der Waals surface area contributed by atoms with Crippen LogP contribution in [0.15, 0.2) is 53.8 Å². The van der Waals surface area contributed by atoms with Gasteiger partial charge in [-0.15, -0.1) is 0 Å². The second-order valence-corrected chi connectivity index (χ2v) is 7.53. The topological polar surface area (TPSA) is 90.3 Å². The van der Waals surface area contributed by atoms with Crippen LogP contribution in [-0.2, 0) is 10.0 Å². The van der Waals surface area contributed by atoms with Gasteiger partial charge in [0.2, 0.25) is 0 Å². The van der Waals surface area contributed by atoms with Gasteiger partial charge in [0.15, 0.2) is 0 Å². The predicted molar refractivity (Wildman–Crippen MR) is 96.1 cm³/mol. The summed E-state index contributed by atoms with van der Waals surface area (Å²) in [6, 6.07) is 7.15. The molecule has 2 aromatic carbocycles. The van der Waals surface area contributed by atoms with Crippen LogP contribution in [0.1, 0.15) is 10.5 Å². The lowest BCUT2D eigenvalue weighted by molar-refractivity contribution is 0.0977. The molecular formula is C17H12ClF2N3O4S. The van der Waals surface area contributed by atoms with Crippen molar-refractivity contribution in [2.45, 2.75) is 4.90 Å². The summed E-state index contributed by atoms with van der Waals surface area (Å²) >= 11 is 5.90. The second kappa shape index (κ2) is 7.56. The van der Waals surface area contributed by atoms with Crippen molar-refractivity contribution >= 4 is 27.5 Å². The summed E-state index contributed by atoms with van der Waals surface area (Å²) in [5.74, 6) is -2.63. The number of ether oxygens (including phenoxy) is 1. The molecule has 1 aromatic heterocycles. The molecule has 3 aromatic rings. The van der Waals surface area contributed by atoms with Gasteiger partial charge in [-0.1, -0.05) is 17.7 Å². The summed E-state index contributed by atoms with van der Waals surface area (Å²) in [7, 11) is -3.01. The average Bonchev–Trinajstić information content (AvgIpc) is 3.11. The molecule has 1 heterocycles. The van der Waals surface area contributed by atoms with Crippen LogP contribution < -0.4 is 9.46 Å². The molecule has 0 atom stereocenters. The van der Waals surface area contributed by atoms with Crippen LogP contribution in [0.5, 0.6) is 5.75 Å². The summed E-state index contributed by atoms with van der Waals surface area (Å²) in [6.07, 6.45) is 1.99. The van der Waals surface area contributed by atoms with Gasteiger partial charge in [0.05, 0.1) is 12.1 Å². The van der Waals surface area contributed by atoms with Crippen LogP contribution in [-0.4, -0.2) is 31.0 Å². The number of benzene rings is 2.